The highest BCUT2D eigenvalue weighted by molar-refractivity contribution is 6.07. The minimum absolute atomic E-state index is 0.0531. The number of nitrogens with one attached hydrogen (secondary N) is 2. The van der Waals surface area contributed by atoms with E-state index in [4.69, 9.17) is 9.47 Å². The lowest BCUT2D eigenvalue weighted by atomic mass is 9.82. The number of β-lactam (4-membered cyclic amide) rings is 1. The molecule has 200 valence electrons. The zero-order valence-corrected chi connectivity index (χ0v) is 21.6. The van der Waals surface area contributed by atoms with Crippen LogP contribution in [-0.4, -0.2) is 57.8 Å². The van der Waals surface area contributed by atoms with Gasteiger partial charge in [-0.2, -0.15) is 0 Å². The van der Waals surface area contributed by atoms with Gasteiger partial charge in [0.1, 0.15) is 11.5 Å². The quantitative estimate of drug-likeness (QED) is 0.285. The lowest BCUT2D eigenvalue weighted by Crippen LogP contribution is -2.61. The molecule has 11 heteroatoms. The number of carbonyl (C=O) groups excluding carboxylic acids is 4. The van der Waals surface area contributed by atoms with E-state index >= 15 is 0 Å². The molecule has 1 aromatic heterocycles. The first-order chi connectivity index (χ1) is 18.0. The third-order valence-electron chi connectivity index (χ3n) is 6.31. The molecule has 2 aromatic rings. The highest BCUT2D eigenvalue weighted by atomic mass is 16.7. The third kappa shape index (κ3) is 5.52. The fourth-order valence-electron chi connectivity index (χ4n) is 4.41. The number of aliphatic hydroxyl groups excluding tert-OH is 1. The molecule has 3 heterocycles. The van der Waals surface area contributed by atoms with Crippen LogP contribution in [0.1, 0.15) is 39.7 Å². The Kier molecular flexibility index (Phi) is 7.49. The lowest BCUT2D eigenvalue weighted by Gasteiger charge is -2.44. The molecule has 4 rings (SSSR count). The van der Waals surface area contributed by atoms with E-state index in [1.165, 1.54) is 11.8 Å². The van der Waals surface area contributed by atoms with Crippen LogP contribution in [0, 0.1) is 11.3 Å². The Morgan fingerprint density at radius 2 is 1.82 bits per heavy atom. The molecule has 0 aliphatic carbocycles. The highest BCUT2D eigenvalue weighted by Gasteiger charge is 2.57. The summed E-state index contributed by atoms with van der Waals surface area (Å²) in [6, 6.07) is 11.0. The maximum atomic E-state index is 13.1. The van der Waals surface area contributed by atoms with Crippen molar-refractivity contribution in [2.45, 2.75) is 46.3 Å². The van der Waals surface area contributed by atoms with Crippen molar-refractivity contribution in [1.82, 2.24) is 9.88 Å². The number of anilines is 2. The van der Waals surface area contributed by atoms with Gasteiger partial charge in [0.05, 0.1) is 23.5 Å². The van der Waals surface area contributed by atoms with E-state index in [-0.39, 0.29) is 17.6 Å². The summed E-state index contributed by atoms with van der Waals surface area (Å²) in [6.07, 6.45) is 1.02. The number of benzene rings is 1. The second-order valence-electron chi connectivity index (χ2n) is 10.2. The molecule has 38 heavy (non-hydrogen) atoms. The van der Waals surface area contributed by atoms with Crippen molar-refractivity contribution < 1.29 is 33.8 Å². The van der Waals surface area contributed by atoms with Crippen molar-refractivity contribution in [3.63, 3.8) is 0 Å². The maximum absolute atomic E-state index is 13.1. The van der Waals surface area contributed by atoms with E-state index in [0.29, 0.717) is 29.1 Å². The molecule has 2 aliphatic rings. The fourth-order valence-corrected chi connectivity index (χ4v) is 4.41. The summed E-state index contributed by atoms with van der Waals surface area (Å²) in [7, 11) is 0. The van der Waals surface area contributed by atoms with Gasteiger partial charge < -0.3 is 24.8 Å². The number of fused-ring (bicyclic) bond motifs is 1. The standard InChI is InChI=1S/C27H30N4O7/c1-15(32)21-19-13-18(22(31(19)23(21)33)24(34)37-14-38-25(35)27(2,3)4)16-8-10-17(11-9-16)29-26(36)30-20-7-5-6-12-28-20/h5-12,15,19,21,32H,13-14H2,1-4H3,(H2,28,29,30,36)/t15-,19-,21-/m1/s1. The minimum Gasteiger partial charge on any atom is -0.427 e. The number of amides is 3. The van der Waals surface area contributed by atoms with E-state index in [0.717, 1.165) is 0 Å². The van der Waals surface area contributed by atoms with Gasteiger partial charge in [0, 0.05) is 11.9 Å². The molecule has 3 N–H and O–H groups in total. The number of pyridine rings is 1. The topological polar surface area (TPSA) is 147 Å². The number of rotatable bonds is 7. The molecule has 0 bridgehead atoms. The van der Waals surface area contributed by atoms with Gasteiger partial charge in [-0.05, 0) is 69.5 Å². The van der Waals surface area contributed by atoms with Crippen LogP contribution in [-0.2, 0) is 23.9 Å². The Hall–Kier alpha value is -4.25. The average Bonchev–Trinajstić information content (AvgIpc) is 3.19. The summed E-state index contributed by atoms with van der Waals surface area (Å²) < 4.78 is 10.2. The average molecular weight is 523 g/mol. The Morgan fingerprint density at radius 1 is 1.11 bits per heavy atom. The first-order valence-electron chi connectivity index (χ1n) is 12.2. The van der Waals surface area contributed by atoms with Gasteiger partial charge in [-0.25, -0.2) is 14.6 Å². The number of hydrogen-bond acceptors (Lipinski definition) is 8. The Bertz CT molecular complexity index is 1270. The summed E-state index contributed by atoms with van der Waals surface area (Å²) in [5.74, 6) is -1.95. The van der Waals surface area contributed by atoms with Crippen LogP contribution in [0.5, 0.6) is 0 Å². The Morgan fingerprint density at radius 3 is 2.42 bits per heavy atom. The lowest BCUT2D eigenvalue weighted by molar-refractivity contribution is -0.175. The fraction of sp³-hybridized carbons (Fsp3) is 0.370. The van der Waals surface area contributed by atoms with Crippen LogP contribution < -0.4 is 10.6 Å². The normalized spacial score (nSPS) is 19.3. The van der Waals surface area contributed by atoms with Crippen LogP contribution in [0.3, 0.4) is 0 Å². The molecule has 3 amide bonds. The van der Waals surface area contributed by atoms with Gasteiger partial charge in [-0.1, -0.05) is 18.2 Å². The van der Waals surface area contributed by atoms with Crippen molar-refractivity contribution in [2.24, 2.45) is 11.3 Å². The molecule has 11 nitrogen and oxygen atoms in total. The van der Waals surface area contributed by atoms with Crippen molar-refractivity contribution >= 4 is 41.0 Å². The predicted octanol–water partition coefficient (Wildman–Crippen LogP) is 3.14. The van der Waals surface area contributed by atoms with Crippen molar-refractivity contribution in [2.75, 3.05) is 17.4 Å². The molecule has 0 unspecified atom stereocenters. The number of ether oxygens (including phenoxy) is 2. The molecule has 0 radical (unpaired) electrons. The first kappa shape index (κ1) is 26.8. The zero-order chi connectivity index (χ0) is 27.6. The largest absolute Gasteiger partial charge is 0.427 e. The van der Waals surface area contributed by atoms with Gasteiger partial charge in [-0.15, -0.1) is 0 Å². The Balaban J connectivity index is 1.51. The second kappa shape index (κ2) is 10.6. The SMILES string of the molecule is C[C@@H](O)[C@H]1C(=O)N2C(C(=O)OCOC(=O)C(C)(C)C)=C(c3ccc(NC(=O)Nc4ccccn4)cc3)C[C@H]12. The van der Waals surface area contributed by atoms with E-state index in [9.17, 15) is 24.3 Å². The monoisotopic (exact) mass is 522 g/mol. The van der Waals surface area contributed by atoms with Crippen LogP contribution in [0.25, 0.3) is 5.57 Å². The van der Waals surface area contributed by atoms with Gasteiger partial charge in [0.2, 0.25) is 12.7 Å². The van der Waals surface area contributed by atoms with Crippen molar-refractivity contribution in [1.29, 1.82) is 0 Å². The summed E-state index contributed by atoms with van der Waals surface area (Å²) in [6.45, 7) is 5.98. The molecule has 0 saturated carbocycles. The number of aromatic nitrogens is 1. The highest BCUT2D eigenvalue weighted by Crippen LogP contribution is 2.47. The van der Waals surface area contributed by atoms with E-state index in [2.05, 4.69) is 15.6 Å². The van der Waals surface area contributed by atoms with E-state index < -0.39 is 42.2 Å². The summed E-state index contributed by atoms with van der Waals surface area (Å²) in [5.41, 5.74) is 0.990. The molecule has 2 aliphatic heterocycles. The molecule has 1 saturated heterocycles. The smallest absolute Gasteiger partial charge is 0.358 e. The number of hydrogen-bond donors (Lipinski definition) is 3. The Labute approximate surface area is 219 Å². The third-order valence-corrected chi connectivity index (χ3v) is 6.31. The second-order valence-corrected chi connectivity index (χ2v) is 10.2. The first-order valence-corrected chi connectivity index (χ1v) is 12.2. The van der Waals surface area contributed by atoms with Crippen molar-refractivity contribution in [3.05, 3.63) is 59.9 Å². The van der Waals surface area contributed by atoms with Gasteiger partial charge >= 0.3 is 18.0 Å². The molecular weight excluding hydrogens is 492 g/mol. The number of aliphatic hydroxyl groups is 1. The number of urea groups is 1. The van der Waals surface area contributed by atoms with Crippen LogP contribution in [0.2, 0.25) is 0 Å². The molecule has 1 aromatic carbocycles. The summed E-state index contributed by atoms with van der Waals surface area (Å²) in [4.78, 5) is 55.5. The molecule has 0 spiro atoms. The number of carbonyl (C=O) groups is 4. The van der Waals surface area contributed by atoms with Crippen LogP contribution >= 0.6 is 0 Å². The number of esters is 2. The van der Waals surface area contributed by atoms with Gasteiger partial charge in [-0.3, -0.25) is 14.9 Å². The molecule has 1 fully saturated rings. The van der Waals surface area contributed by atoms with Gasteiger partial charge in [0.15, 0.2) is 0 Å². The van der Waals surface area contributed by atoms with Crippen molar-refractivity contribution in [3.8, 4) is 0 Å². The molecular formula is C27H30N4O7. The zero-order valence-electron chi connectivity index (χ0n) is 21.6. The molecule has 3 atom stereocenters. The minimum atomic E-state index is -0.877. The summed E-state index contributed by atoms with van der Waals surface area (Å²) in [5, 5.41) is 15.4. The van der Waals surface area contributed by atoms with Crippen LogP contribution in [0.15, 0.2) is 54.4 Å². The predicted molar refractivity (Wildman–Crippen MR) is 137 cm³/mol. The van der Waals surface area contributed by atoms with E-state index in [1.54, 1.807) is 69.4 Å². The van der Waals surface area contributed by atoms with Gasteiger partial charge in [0.25, 0.3) is 0 Å². The van der Waals surface area contributed by atoms with Crippen LogP contribution in [0.4, 0.5) is 16.3 Å². The van der Waals surface area contributed by atoms with E-state index in [1.807, 2.05) is 0 Å². The summed E-state index contributed by atoms with van der Waals surface area (Å²) >= 11 is 0. The maximum Gasteiger partial charge on any atom is 0.358 e. The number of nitrogens with zero attached hydrogens (tertiary/aromatic N) is 2.